The summed E-state index contributed by atoms with van der Waals surface area (Å²) in [6, 6.07) is 15.2. The van der Waals surface area contributed by atoms with Crippen LogP contribution < -0.4 is 11.1 Å². The number of ether oxygens (including phenoxy) is 1. The maximum atomic E-state index is 14.2. The van der Waals surface area contributed by atoms with E-state index in [1.165, 1.54) is 29.4 Å². The molecule has 1 aromatic heterocycles. The molecule has 3 N–H and O–H groups in total. The highest BCUT2D eigenvalue weighted by molar-refractivity contribution is 5.93. The number of amides is 3. The van der Waals surface area contributed by atoms with Gasteiger partial charge in [0.15, 0.2) is 0 Å². The normalized spacial score (nSPS) is 17.5. The molecule has 0 saturated carbocycles. The molecular weight excluding hydrogens is 417 g/mol. The summed E-state index contributed by atoms with van der Waals surface area (Å²) in [6.45, 7) is 0.102. The molecule has 2 aromatic carbocycles. The van der Waals surface area contributed by atoms with Crippen LogP contribution in [0.25, 0.3) is 0 Å². The van der Waals surface area contributed by atoms with E-state index in [0.29, 0.717) is 22.5 Å². The van der Waals surface area contributed by atoms with Gasteiger partial charge >= 0.3 is 6.09 Å². The number of likely N-dealkylation sites (tertiary alicyclic amines) is 1. The van der Waals surface area contributed by atoms with Gasteiger partial charge in [0.05, 0.1) is 12.8 Å². The number of alkyl carbamates (subject to hydrolysis) is 1. The molecule has 1 fully saturated rings. The molecule has 4 rings (SSSR count). The third-order valence-electron chi connectivity index (χ3n) is 5.21. The van der Waals surface area contributed by atoms with Crippen LogP contribution in [-0.2, 0) is 22.6 Å². The maximum absolute atomic E-state index is 14.2. The van der Waals surface area contributed by atoms with Gasteiger partial charge in [0.1, 0.15) is 17.6 Å². The molecule has 32 heavy (non-hydrogen) atoms. The minimum absolute atomic E-state index is 0.00161. The zero-order valence-electron chi connectivity index (χ0n) is 16.9. The molecule has 9 heteroatoms. The van der Waals surface area contributed by atoms with Gasteiger partial charge < -0.3 is 25.1 Å². The van der Waals surface area contributed by atoms with Gasteiger partial charge in [0.2, 0.25) is 12.0 Å². The Hall–Kier alpha value is -4.14. The number of hydrogen-bond donors (Lipinski definition) is 2. The van der Waals surface area contributed by atoms with E-state index in [1.54, 1.807) is 42.5 Å². The van der Waals surface area contributed by atoms with Crippen LogP contribution in [0.5, 0.6) is 0 Å². The van der Waals surface area contributed by atoms with Gasteiger partial charge in [-0.2, -0.15) is 0 Å². The van der Waals surface area contributed by atoms with Gasteiger partial charge in [-0.05, 0) is 35.9 Å². The summed E-state index contributed by atoms with van der Waals surface area (Å²) in [4.78, 5) is 37.9. The Morgan fingerprint density at radius 1 is 1.09 bits per heavy atom. The molecule has 1 aliphatic rings. The van der Waals surface area contributed by atoms with Crippen molar-refractivity contribution in [1.82, 2.24) is 10.2 Å². The number of halogens is 1. The molecular formula is C23H20FN3O5. The van der Waals surface area contributed by atoms with Crippen LogP contribution in [0.15, 0.2) is 71.3 Å². The van der Waals surface area contributed by atoms with Crippen LogP contribution in [0.2, 0.25) is 0 Å². The molecule has 2 atom stereocenters. The van der Waals surface area contributed by atoms with Crippen molar-refractivity contribution >= 4 is 17.9 Å². The fraction of sp³-hybridized carbons (Fsp3) is 0.174. The number of primary amides is 1. The number of carbonyl (C=O) groups excluding carboxylic acids is 3. The number of nitrogens with zero attached hydrogens (tertiary/aromatic N) is 1. The summed E-state index contributed by atoms with van der Waals surface area (Å²) in [5.41, 5.74) is 6.54. The minimum Gasteiger partial charge on any atom is -0.467 e. The third kappa shape index (κ3) is 4.31. The van der Waals surface area contributed by atoms with Crippen LogP contribution in [0.4, 0.5) is 9.18 Å². The van der Waals surface area contributed by atoms with Gasteiger partial charge in [-0.15, -0.1) is 0 Å². The molecule has 0 spiro atoms. The van der Waals surface area contributed by atoms with E-state index in [2.05, 4.69) is 5.32 Å². The standard InChI is InChI=1S/C23H20FN3O5/c24-18-6-2-1-4-16(18)13-27-19(14-7-9-15(10-8-14)21(25)28)20(22(27)29)32-23(30)26-12-17-5-3-11-31-17/h1-11,19-20H,12-13H2,(H2,25,28)(H,26,30)/t19-,20+/m1/s1. The van der Waals surface area contributed by atoms with Crippen molar-refractivity contribution < 1.29 is 27.9 Å². The number of benzene rings is 2. The van der Waals surface area contributed by atoms with Gasteiger partial charge in [0, 0.05) is 17.7 Å². The summed E-state index contributed by atoms with van der Waals surface area (Å²) in [5.74, 6) is -0.953. The average Bonchev–Trinajstić information content (AvgIpc) is 3.31. The van der Waals surface area contributed by atoms with Crippen LogP contribution in [0.1, 0.15) is 33.3 Å². The minimum atomic E-state index is -1.10. The van der Waals surface area contributed by atoms with E-state index < -0.39 is 35.9 Å². The lowest BCUT2D eigenvalue weighted by Gasteiger charge is -2.46. The van der Waals surface area contributed by atoms with Crippen LogP contribution in [-0.4, -0.2) is 28.9 Å². The second-order valence-electron chi connectivity index (χ2n) is 7.25. The number of hydrogen-bond acceptors (Lipinski definition) is 5. The van der Waals surface area contributed by atoms with E-state index in [-0.39, 0.29) is 13.1 Å². The van der Waals surface area contributed by atoms with Crippen molar-refractivity contribution in [3.8, 4) is 0 Å². The summed E-state index contributed by atoms with van der Waals surface area (Å²) in [5, 5.41) is 2.53. The van der Waals surface area contributed by atoms with Crippen molar-refractivity contribution in [3.63, 3.8) is 0 Å². The molecule has 3 aromatic rings. The Morgan fingerprint density at radius 2 is 1.84 bits per heavy atom. The average molecular weight is 437 g/mol. The SMILES string of the molecule is NC(=O)c1ccc([C@@H]2[C@H](OC(=O)NCc3ccco3)C(=O)N2Cc2ccccc2F)cc1. The number of β-lactam (4-membered cyclic amide) rings is 1. The Morgan fingerprint density at radius 3 is 2.50 bits per heavy atom. The van der Waals surface area contributed by atoms with Gasteiger partial charge in [-0.25, -0.2) is 9.18 Å². The fourth-order valence-corrected chi connectivity index (χ4v) is 3.55. The Balaban J connectivity index is 1.53. The first kappa shape index (κ1) is 21.1. The molecule has 1 aliphatic heterocycles. The summed E-state index contributed by atoms with van der Waals surface area (Å²) < 4.78 is 24.7. The first-order valence-electron chi connectivity index (χ1n) is 9.84. The van der Waals surface area contributed by atoms with E-state index in [9.17, 15) is 18.8 Å². The van der Waals surface area contributed by atoms with Crippen LogP contribution >= 0.6 is 0 Å². The lowest BCUT2D eigenvalue weighted by atomic mass is 9.89. The van der Waals surface area contributed by atoms with Gasteiger partial charge in [0.25, 0.3) is 5.91 Å². The lowest BCUT2D eigenvalue weighted by molar-refractivity contribution is -0.169. The monoisotopic (exact) mass is 437 g/mol. The highest BCUT2D eigenvalue weighted by atomic mass is 19.1. The highest BCUT2D eigenvalue weighted by Crippen LogP contribution is 2.38. The largest absolute Gasteiger partial charge is 0.467 e. The summed E-state index contributed by atoms with van der Waals surface area (Å²) in [6.07, 6.45) is -0.411. The third-order valence-corrected chi connectivity index (χ3v) is 5.21. The number of nitrogens with two attached hydrogens (primary N) is 1. The molecule has 8 nitrogen and oxygen atoms in total. The highest BCUT2D eigenvalue weighted by Gasteiger charge is 2.51. The molecule has 1 saturated heterocycles. The second-order valence-corrected chi connectivity index (χ2v) is 7.25. The fourth-order valence-electron chi connectivity index (χ4n) is 3.55. The zero-order chi connectivity index (χ0) is 22.7. The summed E-state index contributed by atoms with van der Waals surface area (Å²) >= 11 is 0. The zero-order valence-corrected chi connectivity index (χ0v) is 16.9. The van der Waals surface area contributed by atoms with Crippen LogP contribution in [0, 0.1) is 5.82 Å². The van der Waals surface area contributed by atoms with Crippen LogP contribution in [0.3, 0.4) is 0 Å². The molecule has 0 unspecified atom stereocenters. The predicted octanol–water partition coefficient (Wildman–Crippen LogP) is 2.90. The van der Waals surface area contributed by atoms with Gasteiger partial charge in [-0.1, -0.05) is 30.3 Å². The maximum Gasteiger partial charge on any atom is 0.408 e. The van der Waals surface area contributed by atoms with Gasteiger partial charge in [-0.3, -0.25) is 9.59 Å². The molecule has 2 heterocycles. The molecule has 0 radical (unpaired) electrons. The number of carbonyl (C=O) groups is 3. The van der Waals surface area contributed by atoms with Crippen molar-refractivity contribution in [2.45, 2.75) is 25.2 Å². The van der Waals surface area contributed by atoms with Crippen molar-refractivity contribution in [2.24, 2.45) is 5.73 Å². The topological polar surface area (TPSA) is 115 Å². The number of furan rings is 1. The Bertz CT molecular complexity index is 1130. The molecule has 0 bridgehead atoms. The smallest absolute Gasteiger partial charge is 0.408 e. The van der Waals surface area contributed by atoms with E-state index in [4.69, 9.17) is 14.9 Å². The molecule has 3 amide bonds. The van der Waals surface area contributed by atoms with E-state index in [0.717, 1.165) is 0 Å². The lowest BCUT2D eigenvalue weighted by Crippen LogP contribution is -2.60. The van der Waals surface area contributed by atoms with Crippen molar-refractivity contribution in [2.75, 3.05) is 0 Å². The Labute approximate surface area is 182 Å². The van der Waals surface area contributed by atoms with Crippen molar-refractivity contribution in [1.29, 1.82) is 0 Å². The second kappa shape index (κ2) is 8.93. The Kier molecular flexibility index (Phi) is 5.89. The first-order chi connectivity index (χ1) is 15.4. The number of nitrogens with one attached hydrogen (secondary N) is 1. The van der Waals surface area contributed by atoms with E-state index >= 15 is 0 Å². The number of rotatable bonds is 7. The van der Waals surface area contributed by atoms with E-state index in [1.807, 2.05) is 0 Å². The quantitative estimate of drug-likeness (QED) is 0.552. The molecule has 0 aliphatic carbocycles. The predicted molar refractivity (Wildman–Crippen MR) is 110 cm³/mol. The first-order valence-corrected chi connectivity index (χ1v) is 9.84. The molecule has 164 valence electrons. The van der Waals surface area contributed by atoms with Crippen molar-refractivity contribution in [3.05, 3.63) is 95.2 Å². The summed E-state index contributed by atoms with van der Waals surface area (Å²) in [7, 11) is 0.